The Bertz CT molecular complexity index is 1470. The first-order valence-electron chi connectivity index (χ1n) is 12.3. The zero-order valence-electron chi connectivity index (χ0n) is 20.7. The molecule has 0 unspecified atom stereocenters. The second-order valence-corrected chi connectivity index (χ2v) is 8.81. The molecule has 0 saturated heterocycles. The molecule has 8 nitrogen and oxygen atoms in total. The van der Waals surface area contributed by atoms with Crippen LogP contribution in [0, 0.1) is 5.82 Å². The molecule has 0 bridgehead atoms. The van der Waals surface area contributed by atoms with Crippen molar-refractivity contribution in [3.63, 3.8) is 0 Å². The minimum Gasteiger partial charge on any atom is -0.381 e. The molecule has 4 heterocycles. The molecule has 4 aromatic rings. The number of ether oxygens (including phenoxy) is 1. The number of alkyl halides is 2. The van der Waals surface area contributed by atoms with Crippen LogP contribution in [-0.4, -0.2) is 46.5 Å². The Balaban J connectivity index is 1.46. The summed E-state index contributed by atoms with van der Waals surface area (Å²) in [6.07, 6.45) is 1.40. The Kier molecular flexibility index (Phi) is 7.57. The quantitative estimate of drug-likeness (QED) is 0.251. The first-order chi connectivity index (χ1) is 18.4. The fraction of sp³-hybridized carbons (Fsp3) is 0.296. The lowest BCUT2D eigenvalue weighted by Gasteiger charge is -2.15. The van der Waals surface area contributed by atoms with E-state index in [9.17, 15) is 18.0 Å². The zero-order chi connectivity index (χ0) is 26.6. The van der Waals surface area contributed by atoms with E-state index in [0.29, 0.717) is 54.6 Å². The molecule has 1 aromatic carbocycles. The van der Waals surface area contributed by atoms with Crippen LogP contribution in [0.4, 0.5) is 24.7 Å². The molecule has 3 N–H and O–H groups in total. The molecule has 3 aromatic heterocycles. The standard InChI is InChI=1S/C27H27F3N6O2/c1-2-38-10-8-16-3-6-24(35-21(16)13-31-15-23(29)30)34-20-5-4-18(19-12-33-27(37)26(19)20)22-14-32-25-11-17(28)7-9-36(22)25/h3-7,9,11,14,23,31H,2,8,10,12-13,15H2,1H3,(H,33,37)(H,34,35). The van der Waals surface area contributed by atoms with Crippen molar-refractivity contribution < 1.29 is 22.7 Å². The van der Waals surface area contributed by atoms with Crippen LogP contribution >= 0.6 is 0 Å². The molecule has 198 valence electrons. The monoisotopic (exact) mass is 524 g/mol. The van der Waals surface area contributed by atoms with Crippen molar-refractivity contribution in [3.8, 4) is 11.3 Å². The van der Waals surface area contributed by atoms with E-state index in [2.05, 4.69) is 25.9 Å². The summed E-state index contributed by atoms with van der Waals surface area (Å²) in [6, 6.07) is 10.1. The van der Waals surface area contributed by atoms with Crippen LogP contribution in [0.5, 0.6) is 0 Å². The highest BCUT2D eigenvalue weighted by Gasteiger charge is 2.27. The maximum atomic E-state index is 13.6. The summed E-state index contributed by atoms with van der Waals surface area (Å²) in [6.45, 7) is 3.06. The van der Waals surface area contributed by atoms with Crippen molar-refractivity contribution in [1.82, 2.24) is 25.0 Å². The van der Waals surface area contributed by atoms with Crippen LogP contribution in [0.1, 0.15) is 34.1 Å². The Morgan fingerprint density at radius 3 is 2.89 bits per heavy atom. The number of benzene rings is 1. The van der Waals surface area contributed by atoms with Crippen molar-refractivity contribution in [1.29, 1.82) is 0 Å². The molecule has 0 atom stereocenters. The third kappa shape index (κ3) is 5.34. The van der Waals surface area contributed by atoms with Gasteiger partial charge < -0.3 is 20.7 Å². The van der Waals surface area contributed by atoms with Crippen molar-refractivity contribution in [2.75, 3.05) is 25.1 Å². The van der Waals surface area contributed by atoms with Crippen molar-refractivity contribution >= 4 is 23.1 Å². The summed E-state index contributed by atoms with van der Waals surface area (Å²) in [7, 11) is 0. The van der Waals surface area contributed by atoms with Gasteiger partial charge in [0.15, 0.2) is 0 Å². The molecule has 5 rings (SSSR count). The number of nitrogens with zero attached hydrogens (tertiary/aromatic N) is 3. The molecule has 1 amide bonds. The van der Waals surface area contributed by atoms with Gasteiger partial charge in [0.05, 0.1) is 42.0 Å². The third-order valence-electron chi connectivity index (χ3n) is 6.36. The number of hydrogen-bond donors (Lipinski definition) is 3. The summed E-state index contributed by atoms with van der Waals surface area (Å²) in [5, 5.41) is 8.85. The van der Waals surface area contributed by atoms with Gasteiger partial charge >= 0.3 is 0 Å². The highest BCUT2D eigenvalue weighted by atomic mass is 19.3. The summed E-state index contributed by atoms with van der Waals surface area (Å²) < 4.78 is 46.2. The second-order valence-electron chi connectivity index (χ2n) is 8.81. The predicted octanol–water partition coefficient (Wildman–Crippen LogP) is 4.46. The first kappa shape index (κ1) is 25.7. The van der Waals surface area contributed by atoms with Gasteiger partial charge in [0.2, 0.25) is 0 Å². The molecular weight excluding hydrogens is 497 g/mol. The number of nitrogens with one attached hydrogen (secondary N) is 3. The second kappa shape index (κ2) is 11.2. The summed E-state index contributed by atoms with van der Waals surface area (Å²) >= 11 is 0. The lowest BCUT2D eigenvalue weighted by Crippen LogP contribution is -2.22. The molecule has 0 fully saturated rings. The minimum absolute atomic E-state index is 0.174. The fourth-order valence-corrected chi connectivity index (χ4v) is 4.59. The predicted molar refractivity (Wildman–Crippen MR) is 137 cm³/mol. The van der Waals surface area contributed by atoms with E-state index in [4.69, 9.17) is 4.74 Å². The van der Waals surface area contributed by atoms with Crippen LogP contribution < -0.4 is 16.0 Å². The van der Waals surface area contributed by atoms with Crippen LogP contribution in [0.3, 0.4) is 0 Å². The van der Waals surface area contributed by atoms with Crippen molar-refractivity contribution in [3.05, 3.63) is 77.0 Å². The topological polar surface area (TPSA) is 92.6 Å². The Morgan fingerprint density at radius 1 is 1.21 bits per heavy atom. The molecular formula is C27H27F3N6O2. The maximum absolute atomic E-state index is 13.6. The Labute approximate surface area is 217 Å². The smallest absolute Gasteiger partial charge is 0.254 e. The molecule has 11 heteroatoms. The third-order valence-corrected chi connectivity index (χ3v) is 6.36. The fourth-order valence-electron chi connectivity index (χ4n) is 4.59. The van der Waals surface area contributed by atoms with Gasteiger partial charge in [-0.1, -0.05) is 12.1 Å². The largest absolute Gasteiger partial charge is 0.381 e. The highest BCUT2D eigenvalue weighted by Crippen LogP contribution is 2.35. The van der Waals surface area contributed by atoms with E-state index in [1.807, 2.05) is 19.1 Å². The van der Waals surface area contributed by atoms with Gasteiger partial charge in [-0.2, -0.15) is 0 Å². The summed E-state index contributed by atoms with van der Waals surface area (Å²) in [5.41, 5.74) is 5.38. The van der Waals surface area contributed by atoms with Gasteiger partial charge in [-0.05, 0) is 42.7 Å². The first-order valence-corrected chi connectivity index (χ1v) is 12.3. The van der Waals surface area contributed by atoms with E-state index in [1.165, 1.54) is 12.1 Å². The average molecular weight is 525 g/mol. The zero-order valence-corrected chi connectivity index (χ0v) is 20.7. The number of hydrogen-bond acceptors (Lipinski definition) is 6. The number of fused-ring (bicyclic) bond motifs is 2. The van der Waals surface area contributed by atoms with E-state index in [0.717, 1.165) is 22.4 Å². The van der Waals surface area contributed by atoms with Gasteiger partial charge in [0, 0.05) is 37.5 Å². The van der Waals surface area contributed by atoms with Gasteiger partial charge in [-0.3, -0.25) is 9.20 Å². The van der Waals surface area contributed by atoms with E-state index in [1.54, 1.807) is 28.9 Å². The van der Waals surface area contributed by atoms with E-state index in [-0.39, 0.29) is 18.3 Å². The SMILES string of the molecule is CCOCCc1ccc(Nc2ccc(-c3cnc4cc(F)ccn34)c3c2C(=O)NC3)nc1CNCC(F)F. The molecule has 0 aliphatic carbocycles. The van der Waals surface area contributed by atoms with Gasteiger partial charge in [0.25, 0.3) is 12.3 Å². The molecule has 1 aliphatic rings. The lowest BCUT2D eigenvalue weighted by molar-refractivity contribution is 0.0966. The number of amides is 1. The molecule has 0 saturated carbocycles. The lowest BCUT2D eigenvalue weighted by atomic mass is 9.99. The number of anilines is 2. The van der Waals surface area contributed by atoms with E-state index < -0.39 is 13.0 Å². The molecule has 0 spiro atoms. The van der Waals surface area contributed by atoms with Gasteiger partial charge in [0.1, 0.15) is 17.3 Å². The van der Waals surface area contributed by atoms with Gasteiger partial charge in [-0.25, -0.2) is 23.1 Å². The van der Waals surface area contributed by atoms with Crippen LogP contribution in [0.2, 0.25) is 0 Å². The van der Waals surface area contributed by atoms with E-state index >= 15 is 0 Å². The van der Waals surface area contributed by atoms with Crippen LogP contribution in [-0.2, 0) is 24.2 Å². The van der Waals surface area contributed by atoms with Crippen molar-refractivity contribution in [2.45, 2.75) is 32.9 Å². The number of carbonyl (C=O) groups is 1. The Hall–Kier alpha value is -3.96. The molecule has 38 heavy (non-hydrogen) atoms. The van der Waals surface area contributed by atoms with Crippen LogP contribution in [0.15, 0.2) is 48.8 Å². The number of halogens is 3. The summed E-state index contributed by atoms with van der Waals surface area (Å²) in [4.78, 5) is 21.8. The maximum Gasteiger partial charge on any atom is 0.254 e. The summed E-state index contributed by atoms with van der Waals surface area (Å²) in [5.74, 6) is -0.119. The highest BCUT2D eigenvalue weighted by molar-refractivity contribution is 6.06. The molecule has 0 radical (unpaired) electrons. The number of rotatable bonds is 11. The van der Waals surface area contributed by atoms with Gasteiger partial charge in [-0.15, -0.1) is 0 Å². The van der Waals surface area contributed by atoms with Crippen LogP contribution in [0.25, 0.3) is 16.9 Å². The number of carbonyl (C=O) groups excluding carboxylic acids is 1. The molecule has 1 aliphatic heterocycles. The van der Waals surface area contributed by atoms with Crippen molar-refractivity contribution in [2.24, 2.45) is 0 Å². The normalized spacial score (nSPS) is 12.8. The average Bonchev–Trinajstić information content (AvgIpc) is 3.49. The number of imidazole rings is 1. The number of pyridine rings is 2. The number of aromatic nitrogens is 3. The minimum atomic E-state index is -2.46. The Morgan fingerprint density at radius 2 is 2.08 bits per heavy atom.